The Morgan fingerprint density at radius 1 is 1.36 bits per heavy atom. The fourth-order valence-electron chi connectivity index (χ4n) is 2.96. The van der Waals surface area contributed by atoms with Crippen molar-refractivity contribution in [3.05, 3.63) is 34.9 Å². The van der Waals surface area contributed by atoms with Gasteiger partial charge < -0.3 is 15.0 Å². The van der Waals surface area contributed by atoms with Gasteiger partial charge in [-0.3, -0.25) is 4.99 Å². The topological polar surface area (TPSA) is 83.0 Å². The molecule has 1 heterocycles. The van der Waals surface area contributed by atoms with Gasteiger partial charge in [0.25, 0.3) is 0 Å². The van der Waals surface area contributed by atoms with Crippen molar-refractivity contribution in [1.29, 1.82) is 0 Å². The molecule has 140 valence electrons. The summed E-state index contributed by atoms with van der Waals surface area (Å²) >= 11 is 0. The minimum Gasteiger partial charge on any atom is -0.370 e. The van der Waals surface area contributed by atoms with Gasteiger partial charge in [-0.15, -0.1) is 0 Å². The van der Waals surface area contributed by atoms with Crippen molar-refractivity contribution in [2.45, 2.75) is 20.0 Å². The van der Waals surface area contributed by atoms with Gasteiger partial charge in [0.15, 0.2) is 5.96 Å². The van der Waals surface area contributed by atoms with E-state index >= 15 is 0 Å². The largest absolute Gasteiger partial charge is 0.370 e. The van der Waals surface area contributed by atoms with Crippen LogP contribution in [0.3, 0.4) is 0 Å². The van der Waals surface area contributed by atoms with Crippen LogP contribution < -0.4 is 10.0 Å². The number of nitrogens with zero attached hydrogens (tertiary/aromatic N) is 2. The number of guanidine groups is 1. The van der Waals surface area contributed by atoms with Gasteiger partial charge in [-0.1, -0.05) is 23.8 Å². The molecule has 8 heteroatoms. The van der Waals surface area contributed by atoms with Crippen molar-refractivity contribution in [3.63, 3.8) is 0 Å². The highest BCUT2D eigenvalue weighted by atomic mass is 32.2. The molecule has 1 saturated heterocycles. The van der Waals surface area contributed by atoms with E-state index in [2.05, 4.69) is 52.0 Å². The van der Waals surface area contributed by atoms with E-state index in [-0.39, 0.29) is 6.10 Å². The van der Waals surface area contributed by atoms with E-state index in [4.69, 9.17) is 4.74 Å². The second-order valence-electron chi connectivity index (χ2n) is 6.31. The maximum absolute atomic E-state index is 11.1. The Kier molecular flexibility index (Phi) is 6.80. The van der Waals surface area contributed by atoms with Gasteiger partial charge in [0.05, 0.1) is 19.4 Å². The number of ether oxygens (including phenoxy) is 1. The third-order valence-electron chi connectivity index (χ3n) is 4.12. The van der Waals surface area contributed by atoms with E-state index in [9.17, 15) is 8.42 Å². The van der Waals surface area contributed by atoms with Crippen LogP contribution in [0.4, 0.5) is 0 Å². The first-order valence-corrected chi connectivity index (χ1v) is 10.3. The quantitative estimate of drug-likeness (QED) is 0.456. The van der Waals surface area contributed by atoms with Crippen molar-refractivity contribution in [1.82, 2.24) is 14.9 Å². The zero-order valence-electron chi connectivity index (χ0n) is 15.4. The lowest BCUT2D eigenvalue weighted by molar-refractivity contribution is -0.00829. The van der Waals surface area contributed by atoms with E-state index in [0.717, 1.165) is 18.8 Å². The van der Waals surface area contributed by atoms with Crippen LogP contribution in [0.5, 0.6) is 0 Å². The van der Waals surface area contributed by atoms with Crippen molar-refractivity contribution in [2.75, 3.05) is 46.1 Å². The number of hydrogen-bond acceptors (Lipinski definition) is 4. The molecule has 1 fully saturated rings. The molecule has 0 amide bonds. The van der Waals surface area contributed by atoms with Gasteiger partial charge in [-0.05, 0) is 25.0 Å². The summed E-state index contributed by atoms with van der Waals surface area (Å²) in [5.41, 5.74) is 3.67. The Morgan fingerprint density at radius 3 is 2.76 bits per heavy atom. The summed E-state index contributed by atoms with van der Waals surface area (Å²) in [6.07, 6.45) is 1.15. The molecule has 1 aromatic rings. The zero-order chi connectivity index (χ0) is 18.4. The van der Waals surface area contributed by atoms with Crippen LogP contribution in [0.1, 0.15) is 22.8 Å². The van der Waals surface area contributed by atoms with E-state index < -0.39 is 10.0 Å². The Balaban J connectivity index is 1.96. The highest BCUT2D eigenvalue weighted by Crippen LogP contribution is 2.25. The molecule has 2 N–H and O–H groups in total. The first-order chi connectivity index (χ1) is 11.8. The average Bonchev–Trinajstić information content (AvgIpc) is 2.54. The predicted molar refractivity (Wildman–Crippen MR) is 100 cm³/mol. The molecule has 0 aliphatic carbocycles. The standard InChI is InChI=1S/C17H28N4O3S/c1-13-5-6-15(14(2)11-13)16-12-21(9-10-24-16)17(18-3)19-7-8-20-25(4,22)23/h5-6,11,16,20H,7-10,12H2,1-4H3,(H,18,19). The molecule has 1 unspecified atom stereocenters. The monoisotopic (exact) mass is 368 g/mol. The SMILES string of the molecule is CN=C(NCCNS(C)(=O)=O)N1CCOC(c2ccc(C)cc2C)C1. The summed E-state index contributed by atoms with van der Waals surface area (Å²) < 4.78 is 30.6. The molecule has 0 saturated carbocycles. The van der Waals surface area contributed by atoms with Gasteiger partial charge in [-0.25, -0.2) is 13.1 Å². The van der Waals surface area contributed by atoms with E-state index in [0.29, 0.717) is 26.2 Å². The Morgan fingerprint density at radius 2 is 2.12 bits per heavy atom. The summed E-state index contributed by atoms with van der Waals surface area (Å²) in [4.78, 5) is 6.46. The highest BCUT2D eigenvalue weighted by molar-refractivity contribution is 7.88. The molecule has 7 nitrogen and oxygen atoms in total. The normalized spacial score (nSPS) is 19.1. The Bertz CT molecular complexity index is 719. The van der Waals surface area contributed by atoms with Crippen LogP contribution in [0.2, 0.25) is 0 Å². The molecule has 0 radical (unpaired) electrons. The van der Waals surface area contributed by atoms with Gasteiger partial charge >= 0.3 is 0 Å². The molecule has 0 aromatic heterocycles. The number of nitrogens with one attached hydrogen (secondary N) is 2. The van der Waals surface area contributed by atoms with Crippen LogP contribution in [0, 0.1) is 13.8 Å². The van der Waals surface area contributed by atoms with Gasteiger partial charge in [-0.2, -0.15) is 0 Å². The number of rotatable bonds is 5. The smallest absolute Gasteiger partial charge is 0.208 e. The van der Waals surface area contributed by atoms with Crippen LogP contribution in [0.15, 0.2) is 23.2 Å². The van der Waals surface area contributed by atoms with E-state index in [1.54, 1.807) is 7.05 Å². The third-order valence-corrected chi connectivity index (χ3v) is 4.85. The Labute approximate surface area is 150 Å². The molecule has 1 atom stereocenters. The molecule has 1 aliphatic rings. The lowest BCUT2D eigenvalue weighted by Crippen LogP contribution is -2.49. The van der Waals surface area contributed by atoms with Crippen LogP contribution in [-0.2, 0) is 14.8 Å². The Hall–Kier alpha value is -1.64. The minimum absolute atomic E-state index is 0.00189. The molecule has 0 bridgehead atoms. The van der Waals surface area contributed by atoms with Gasteiger partial charge in [0.2, 0.25) is 10.0 Å². The molecular formula is C17H28N4O3S. The predicted octanol–water partition coefficient (Wildman–Crippen LogP) is 0.801. The van der Waals surface area contributed by atoms with Crippen LogP contribution in [-0.4, -0.2) is 65.4 Å². The molecule has 1 aromatic carbocycles. The molecular weight excluding hydrogens is 340 g/mol. The number of benzene rings is 1. The van der Waals surface area contributed by atoms with Crippen molar-refractivity contribution < 1.29 is 13.2 Å². The molecule has 2 rings (SSSR count). The number of hydrogen-bond donors (Lipinski definition) is 2. The summed E-state index contributed by atoms with van der Waals surface area (Å²) in [6, 6.07) is 6.40. The molecule has 1 aliphatic heterocycles. The maximum Gasteiger partial charge on any atom is 0.208 e. The van der Waals surface area contributed by atoms with E-state index in [1.165, 1.54) is 16.7 Å². The first-order valence-electron chi connectivity index (χ1n) is 8.39. The number of morpholine rings is 1. The summed E-state index contributed by atoms with van der Waals surface area (Å²) in [6.45, 7) is 7.08. The first kappa shape index (κ1) is 19.7. The highest BCUT2D eigenvalue weighted by Gasteiger charge is 2.25. The number of sulfonamides is 1. The summed E-state index contributed by atoms with van der Waals surface area (Å²) in [5.74, 6) is 0.758. The fraction of sp³-hybridized carbons (Fsp3) is 0.588. The van der Waals surface area contributed by atoms with Crippen molar-refractivity contribution in [3.8, 4) is 0 Å². The van der Waals surface area contributed by atoms with Gasteiger partial charge in [0, 0.05) is 26.7 Å². The lowest BCUT2D eigenvalue weighted by atomic mass is 10.00. The minimum atomic E-state index is -3.17. The third kappa shape index (κ3) is 5.98. The second kappa shape index (κ2) is 8.64. The average molecular weight is 369 g/mol. The van der Waals surface area contributed by atoms with Crippen molar-refractivity contribution >= 4 is 16.0 Å². The molecule has 0 spiro atoms. The molecule has 25 heavy (non-hydrogen) atoms. The fourth-order valence-corrected chi connectivity index (χ4v) is 3.43. The maximum atomic E-state index is 11.1. The zero-order valence-corrected chi connectivity index (χ0v) is 16.2. The number of aliphatic imine (C=N–C) groups is 1. The summed E-state index contributed by atoms with van der Waals surface area (Å²) in [5, 5.41) is 3.20. The van der Waals surface area contributed by atoms with Crippen LogP contribution in [0.25, 0.3) is 0 Å². The lowest BCUT2D eigenvalue weighted by Gasteiger charge is -2.35. The second-order valence-corrected chi connectivity index (χ2v) is 8.14. The van der Waals surface area contributed by atoms with Gasteiger partial charge in [0.1, 0.15) is 6.10 Å². The van der Waals surface area contributed by atoms with E-state index in [1.807, 2.05) is 0 Å². The van der Waals surface area contributed by atoms with Crippen LogP contribution >= 0.6 is 0 Å². The summed E-state index contributed by atoms with van der Waals surface area (Å²) in [7, 11) is -1.44. The van der Waals surface area contributed by atoms with Crippen molar-refractivity contribution in [2.24, 2.45) is 4.99 Å². The number of aryl methyl sites for hydroxylation is 2.